The van der Waals surface area contributed by atoms with Gasteiger partial charge in [0.25, 0.3) is 11.8 Å². The van der Waals surface area contributed by atoms with Gasteiger partial charge in [-0.3, -0.25) is 14.5 Å². The number of carbonyl (C=O) groups is 2. The first kappa shape index (κ1) is 24.9. The van der Waals surface area contributed by atoms with Crippen LogP contribution in [0.25, 0.3) is 4.85 Å². The summed E-state index contributed by atoms with van der Waals surface area (Å²) in [4.78, 5) is 40.1. The molecule has 0 spiro atoms. The molecule has 0 saturated carbocycles. The second-order valence-corrected chi connectivity index (χ2v) is 9.25. The Labute approximate surface area is 213 Å². The van der Waals surface area contributed by atoms with E-state index in [2.05, 4.69) is 20.1 Å². The van der Waals surface area contributed by atoms with Gasteiger partial charge >= 0.3 is 0 Å². The molecule has 3 aromatic rings. The first-order valence-corrected chi connectivity index (χ1v) is 11.5. The molecule has 2 amide bonds. The summed E-state index contributed by atoms with van der Waals surface area (Å²) in [5, 5.41) is 2.83. The maximum Gasteiger partial charge on any atom is 0.289 e. The zero-order valence-corrected chi connectivity index (χ0v) is 21.0. The molecule has 2 heterocycles. The number of benzene rings is 2. The van der Waals surface area contributed by atoms with E-state index < -0.39 is 17.3 Å². The second kappa shape index (κ2) is 9.43. The number of halogens is 1. The predicted octanol–water partition coefficient (Wildman–Crippen LogP) is 4.63. The van der Waals surface area contributed by atoms with Crippen LogP contribution in [0.5, 0.6) is 0 Å². The average molecular weight is 503 g/mol. The van der Waals surface area contributed by atoms with Gasteiger partial charge in [0.2, 0.25) is 5.82 Å². The Kier molecular flexibility index (Phi) is 6.52. The Morgan fingerprint density at radius 2 is 1.89 bits per heavy atom. The van der Waals surface area contributed by atoms with Gasteiger partial charge in [-0.15, -0.1) is 0 Å². The van der Waals surface area contributed by atoms with Gasteiger partial charge in [-0.25, -0.2) is 19.2 Å². The van der Waals surface area contributed by atoms with Gasteiger partial charge in [0.15, 0.2) is 10.8 Å². The van der Waals surface area contributed by atoms with Gasteiger partial charge in [0.1, 0.15) is 11.4 Å². The van der Waals surface area contributed by atoms with Crippen molar-refractivity contribution in [2.24, 2.45) is 0 Å². The molecule has 1 saturated heterocycles. The number of carbonyl (C=O) groups excluding carboxylic acids is 2. The van der Waals surface area contributed by atoms with Crippen LogP contribution in [0.3, 0.4) is 0 Å². The van der Waals surface area contributed by atoms with Crippen molar-refractivity contribution in [1.29, 1.82) is 0 Å². The van der Waals surface area contributed by atoms with Crippen molar-refractivity contribution >= 4 is 46.2 Å². The summed E-state index contributed by atoms with van der Waals surface area (Å²) in [5.74, 6) is -1.32. The Hall–Kier alpha value is -4.23. The molecule has 0 unspecified atom stereocenters. The van der Waals surface area contributed by atoms with Crippen LogP contribution in [-0.2, 0) is 11.3 Å². The first-order chi connectivity index (χ1) is 17.0. The molecular formula is C26H23FN6O2S. The monoisotopic (exact) mass is 502 g/mol. The van der Waals surface area contributed by atoms with Crippen LogP contribution in [0.4, 0.5) is 21.5 Å². The zero-order valence-electron chi connectivity index (χ0n) is 20.2. The van der Waals surface area contributed by atoms with E-state index in [1.54, 1.807) is 69.0 Å². The van der Waals surface area contributed by atoms with E-state index in [0.717, 1.165) is 5.56 Å². The fourth-order valence-corrected chi connectivity index (χ4v) is 4.51. The van der Waals surface area contributed by atoms with E-state index in [1.165, 1.54) is 17.2 Å². The van der Waals surface area contributed by atoms with Crippen LogP contribution in [0.1, 0.15) is 41.3 Å². The third-order valence-electron chi connectivity index (χ3n) is 5.96. The van der Waals surface area contributed by atoms with Crippen LogP contribution in [0.2, 0.25) is 0 Å². The summed E-state index contributed by atoms with van der Waals surface area (Å²) in [6.45, 7) is 14.2. The number of hydrogen-bond donors (Lipinski definition) is 1. The standard InChI is InChI=1S/C26H23FN6O2S/c1-15-12-18(8-9-21(15)28-5)32-24(35)26(3,4)33(25(32)36)19-7-6-17(20(27)13-19)14-30-23(34)22-29-11-10-16(2)31-22/h6-13H,14H2,1-4H3,(H,30,34). The smallest absolute Gasteiger partial charge is 0.289 e. The van der Waals surface area contributed by atoms with Gasteiger partial charge < -0.3 is 10.2 Å². The lowest BCUT2D eigenvalue weighted by molar-refractivity contribution is -0.120. The number of nitrogens with zero attached hydrogens (tertiary/aromatic N) is 5. The van der Waals surface area contributed by atoms with Crippen molar-refractivity contribution in [2.45, 2.75) is 39.8 Å². The molecule has 1 aliphatic heterocycles. The molecule has 2 aromatic carbocycles. The molecule has 1 N–H and O–H groups in total. The fraction of sp³-hybridized carbons (Fsp3) is 0.231. The molecule has 36 heavy (non-hydrogen) atoms. The number of aromatic nitrogens is 2. The Morgan fingerprint density at radius 1 is 1.17 bits per heavy atom. The molecule has 182 valence electrons. The number of hydrogen-bond acceptors (Lipinski definition) is 5. The summed E-state index contributed by atoms with van der Waals surface area (Å²) in [6, 6.07) is 11.2. The molecule has 0 aliphatic carbocycles. The first-order valence-electron chi connectivity index (χ1n) is 11.1. The summed E-state index contributed by atoms with van der Waals surface area (Å²) in [5.41, 5.74) is 2.00. The van der Waals surface area contributed by atoms with Crippen LogP contribution >= 0.6 is 12.2 Å². The average Bonchev–Trinajstić information content (AvgIpc) is 3.01. The van der Waals surface area contributed by atoms with Crippen LogP contribution in [-0.4, -0.2) is 32.4 Å². The van der Waals surface area contributed by atoms with Gasteiger partial charge in [0, 0.05) is 35.4 Å². The van der Waals surface area contributed by atoms with Crippen molar-refractivity contribution < 1.29 is 14.0 Å². The number of anilines is 2. The van der Waals surface area contributed by atoms with Gasteiger partial charge in [-0.05, 0) is 75.8 Å². The van der Waals surface area contributed by atoms with Gasteiger partial charge in [-0.1, -0.05) is 12.1 Å². The Balaban J connectivity index is 1.57. The molecule has 0 atom stereocenters. The largest absolute Gasteiger partial charge is 0.345 e. The summed E-state index contributed by atoms with van der Waals surface area (Å²) in [7, 11) is 0. The topological polar surface area (TPSA) is 82.8 Å². The molecule has 8 nitrogen and oxygen atoms in total. The van der Waals surface area contributed by atoms with Crippen molar-refractivity contribution in [2.75, 3.05) is 9.80 Å². The number of thiocarbonyl (C=S) groups is 1. The maximum absolute atomic E-state index is 15.1. The summed E-state index contributed by atoms with van der Waals surface area (Å²) >= 11 is 5.66. The molecule has 1 aliphatic rings. The van der Waals surface area contributed by atoms with Crippen molar-refractivity contribution in [3.8, 4) is 0 Å². The minimum atomic E-state index is -1.08. The number of aryl methyl sites for hydroxylation is 2. The van der Waals surface area contributed by atoms with Crippen molar-refractivity contribution in [3.05, 3.63) is 88.5 Å². The lowest BCUT2D eigenvalue weighted by Crippen LogP contribution is -2.44. The number of rotatable bonds is 5. The van der Waals surface area contributed by atoms with E-state index in [0.29, 0.717) is 22.8 Å². The highest BCUT2D eigenvalue weighted by Gasteiger charge is 2.50. The Morgan fingerprint density at radius 3 is 2.53 bits per heavy atom. The SMILES string of the molecule is [C-]#[N+]c1ccc(N2C(=O)C(C)(C)N(c3ccc(CNC(=O)c4nccc(C)n4)c(F)c3)C2=S)cc1C. The van der Waals surface area contributed by atoms with E-state index in [1.807, 2.05) is 0 Å². The molecular weight excluding hydrogens is 479 g/mol. The second-order valence-electron chi connectivity index (χ2n) is 8.88. The van der Waals surface area contributed by atoms with Crippen LogP contribution in [0.15, 0.2) is 48.7 Å². The number of amides is 2. The van der Waals surface area contributed by atoms with E-state index >= 15 is 4.39 Å². The quantitative estimate of drug-likeness (QED) is 0.405. The summed E-state index contributed by atoms with van der Waals surface area (Å²) < 4.78 is 15.1. The van der Waals surface area contributed by atoms with Crippen LogP contribution in [0, 0.1) is 26.2 Å². The van der Waals surface area contributed by atoms with E-state index in [-0.39, 0.29) is 29.0 Å². The lowest BCUT2D eigenvalue weighted by Gasteiger charge is -2.29. The van der Waals surface area contributed by atoms with Gasteiger partial charge in [0.05, 0.1) is 6.57 Å². The highest BCUT2D eigenvalue weighted by molar-refractivity contribution is 7.81. The fourth-order valence-electron chi connectivity index (χ4n) is 3.99. The van der Waals surface area contributed by atoms with Crippen molar-refractivity contribution in [1.82, 2.24) is 15.3 Å². The minimum Gasteiger partial charge on any atom is -0.345 e. The third kappa shape index (κ3) is 4.41. The third-order valence-corrected chi connectivity index (χ3v) is 6.32. The van der Waals surface area contributed by atoms with Crippen LogP contribution < -0.4 is 15.1 Å². The Bertz CT molecular complexity index is 1450. The molecule has 1 aromatic heterocycles. The molecule has 4 rings (SSSR count). The molecule has 0 bridgehead atoms. The van der Waals surface area contributed by atoms with Crippen molar-refractivity contribution in [3.63, 3.8) is 0 Å². The summed E-state index contributed by atoms with van der Waals surface area (Å²) in [6.07, 6.45) is 1.48. The normalized spacial score (nSPS) is 14.7. The number of nitrogens with one attached hydrogen (secondary N) is 1. The van der Waals surface area contributed by atoms with Gasteiger partial charge in [-0.2, -0.15) is 0 Å². The maximum atomic E-state index is 15.1. The molecule has 1 fully saturated rings. The highest BCUT2D eigenvalue weighted by atomic mass is 32.1. The predicted molar refractivity (Wildman–Crippen MR) is 138 cm³/mol. The zero-order chi connectivity index (χ0) is 26.2. The molecule has 0 radical (unpaired) electrons. The lowest BCUT2D eigenvalue weighted by atomic mass is 10.0. The minimum absolute atomic E-state index is 0.00876. The highest BCUT2D eigenvalue weighted by Crippen LogP contribution is 2.38. The van der Waals surface area contributed by atoms with E-state index in [9.17, 15) is 9.59 Å². The molecule has 10 heteroatoms. The van der Waals surface area contributed by atoms with E-state index in [4.69, 9.17) is 18.8 Å².